The molecule has 3 aliphatic heterocycles. The second-order valence-corrected chi connectivity index (χ2v) is 8.02. The summed E-state index contributed by atoms with van der Waals surface area (Å²) in [5, 5.41) is 2.17. The summed E-state index contributed by atoms with van der Waals surface area (Å²) in [5.74, 6) is 1.05. The molecule has 140 valence electrons. The number of carbonyl (C=O) groups is 1. The number of nitrogens with zero attached hydrogens (tertiary/aromatic N) is 4. The standard InChI is InChI=1S/C20H22N4O2S/c25-20-24(12-13-26-20)11-10-22-6-1-15(2-7-22)17-18-16(4-14-27-18)3-8-23-9-5-21-19(17)23/h3-5,8-9,14H,1-2,6-7,10-13H2. The van der Waals surface area contributed by atoms with E-state index in [0.717, 1.165) is 51.4 Å². The van der Waals surface area contributed by atoms with Crippen LogP contribution in [-0.2, 0) is 4.74 Å². The largest absolute Gasteiger partial charge is 0.448 e. The zero-order valence-electron chi connectivity index (χ0n) is 15.1. The first kappa shape index (κ1) is 16.8. The van der Waals surface area contributed by atoms with Crippen LogP contribution in [0.3, 0.4) is 0 Å². The van der Waals surface area contributed by atoms with E-state index in [1.54, 1.807) is 16.2 Å². The van der Waals surface area contributed by atoms with Crippen LogP contribution in [0.4, 0.5) is 4.79 Å². The lowest BCUT2D eigenvalue weighted by molar-refractivity contribution is 0.152. The maximum atomic E-state index is 11.6. The molecule has 0 aliphatic carbocycles. The van der Waals surface area contributed by atoms with Crippen molar-refractivity contribution in [3.05, 3.63) is 45.7 Å². The summed E-state index contributed by atoms with van der Waals surface area (Å²) in [6, 6.07) is 2.19. The van der Waals surface area contributed by atoms with E-state index in [0.29, 0.717) is 6.61 Å². The minimum Gasteiger partial charge on any atom is -0.448 e. The number of aromatic nitrogens is 2. The Morgan fingerprint density at radius 2 is 2.07 bits per heavy atom. The second kappa shape index (κ2) is 6.98. The fourth-order valence-electron chi connectivity index (χ4n) is 4.05. The molecule has 3 aliphatic rings. The quantitative estimate of drug-likeness (QED) is 0.698. The van der Waals surface area contributed by atoms with Crippen LogP contribution in [0.2, 0.25) is 0 Å². The average Bonchev–Trinajstić information content (AvgIpc) is 3.41. The molecular formula is C20H22N4O2S. The summed E-state index contributed by atoms with van der Waals surface area (Å²) < 4.78 is 7.14. The van der Waals surface area contributed by atoms with Gasteiger partial charge in [-0.15, -0.1) is 11.3 Å². The van der Waals surface area contributed by atoms with Crippen molar-refractivity contribution in [2.45, 2.75) is 12.8 Å². The lowest BCUT2D eigenvalue weighted by atomic mass is 9.95. The van der Waals surface area contributed by atoms with Crippen LogP contribution in [0.1, 0.15) is 29.1 Å². The number of rotatable bonds is 3. The summed E-state index contributed by atoms with van der Waals surface area (Å²) in [6.07, 6.45) is 10.1. The number of ether oxygens (including phenoxy) is 1. The number of carbonyl (C=O) groups excluding carboxylic acids is 1. The highest BCUT2D eigenvalue weighted by Crippen LogP contribution is 2.38. The van der Waals surface area contributed by atoms with Crippen molar-refractivity contribution in [2.75, 3.05) is 39.3 Å². The molecule has 0 spiro atoms. The summed E-state index contributed by atoms with van der Waals surface area (Å²) in [7, 11) is 0. The fourth-order valence-corrected chi connectivity index (χ4v) is 5.03. The number of thiophene rings is 1. The first-order valence-electron chi connectivity index (χ1n) is 9.45. The molecule has 0 atom stereocenters. The van der Waals surface area contributed by atoms with Crippen molar-refractivity contribution in [1.82, 2.24) is 19.4 Å². The summed E-state index contributed by atoms with van der Waals surface area (Å²) in [5.41, 5.74) is 4.09. The average molecular weight is 382 g/mol. The molecule has 5 heterocycles. The molecule has 2 fully saturated rings. The van der Waals surface area contributed by atoms with Gasteiger partial charge in [0.15, 0.2) is 0 Å². The Balaban J connectivity index is 1.34. The molecule has 0 bridgehead atoms. The predicted octanol–water partition coefficient (Wildman–Crippen LogP) is 3.24. The van der Waals surface area contributed by atoms with Crippen LogP contribution in [-0.4, -0.2) is 64.8 Å². The van der Waals surface area contributed by atoms with Crippen molar-refractivity contribution >= 4 is 35.3 Å². The van der Waals surface area contributed by atoms with Gasteiger partial charge in [-0.3, -0.25) is 0 Å². The third kappa shape index (κ3) is 3.11. The first-order valence-corrected chi connectivity index (χ1v) is 10.3. The number of cyclic esters (lactones) is 1. The number of likely N-dealkylation sites (tertiary alicyclic amines) is 1. The zero-order chi connectivity index (χ0) is 18.2. The van der Waals surface area contributed by atoms with Crippen molar-refractivity contribution in [2.24, 2.45) is 0 Å². The van der Waals surface area contributed by atoms with Gasteiger partial charge in [-0.25, -0.2) is 9.78 Å². The van der Waals surface area contributed by atoms with E-state index < -0.39 is 0 Å². The highest BCUT2D eigenvalue weighted by molar-refractivity contribution is 7.11. The van der Waals surface area contributed by atoms with E-state index in [1.807, 2.05) is 12.4 Å². The lowest BCUT2D eigenvalue weighted by Gasteiger charge is -2.30. The van der Waals surface area contributed by atoms with Crippen LogP contribution < -0.4 is 0 Å². The van der Waals surface area contributed by atoms with Gasteiger partial charge < -0.3 is 19.1 Å². The minimum atomic E-state index is -0.169. The van der Waals surface area contributed by atoms with E-state index in [4.69, 9.17) is 4.74 Å². The van der Waals surface area contributed by atoms with Crippen LogP contribution >= 0.6 is 11.3 Å². The van der Waals surface area contributed by atoms with Crippen LogP contribution in [0.25, 0.3) is 17.8 Å². The third-order valence-electron chi connectivity index (χ3n) is 5.57. The predicted molar refractivity (Wildman–Crippen MR) is 106 cm³/mol. The number of imidazole rings is 1. The van der Waals surface area contributed by atoms with E-state index in [-0.39, 0.29) is 6.09 Å². The molecular weight excluding hydrogens is 360 g/mol. The fraction of sp³-hybridized carbons (Fsp3) is 0.400. The van der Waals surface area contributed by atoms with Crippen molar-refractivity contribution in [3.63, 3.8) is 0 Å². The lowest BCUT2D eigenvalue weighted by Crippen LogP contribution is -2.38. The smallest absolute Gasteiger partial charge is 0.409 e. The van der Waals surface area contributed by atoms with Crippen molar-refractivity contribution in [3.8, 4) is 0 Å². The highest BCUT2D eigenvalue weighted by Gasteiger charge is 2.26. The second-order valence-electron chi connectivity index (χ2n) is 7.10. The summed E-state index contributed by atoms with van der Waals surface area (Å²) in [6.45, 7) is 4.97. The highest BCUT2D eigenvalue weighted by atomic mass is 32.1. The van der Waals surface area contributed by atoms with Gasteiger partial charge in [0.1, 0.15) is 12.4 Å². The van der Waals surface area contributed by atoms with Gasteiger partial charge in [-0.2, -0.15) is 0 Å². The normalized spacial score (nSPS) is 19.9. The van der Waals surface area contributed by atoms with Crippen LogP contribution in [0.15, 0.2) is 29.4 Å². The van der Waals surface area contributed by atoms with E-state index in [9.17, 15) is 4.79 Å². The van der Waals surface area contributed by atoms with Gasteiger partial charge in [-0.05, 0) is 35.9 Å². The van der Waals surface area contributed by atoms with E-state index >= 15 is 0 Å². The molecule has 0 aromatic carbocycles. The van der Waals surface area contributed by atoms with Crippen molar-refractivity contribution < 1.29 is 9.53 Å². The summed E-state index contributed by atoms with van der Waals surface area (Å²) >= 11 is 1.80. The first-order chi connectivity index (χ1) is 13.3. The van der Waals surface area contributed by atoms with Gasteiger partial charge in [-0.1, -0.05) is 5.57 Å². The Bertz CT molecular complexity index is 870. The van der Waals surface area contributed by atoms with Crippen LogP contribution in [0.5, 0.6) is 0 Å². The molecule has 7 heteroatoms. The zero-order valence-corrected chi connectivity index (χ0v) is 16.0. The Morgan fingerprint density at radius 3 is 2.89 bits per heavy atom. The molecule has 2 saturated heterocycles. The van der Waals surface area contributed by atoms with Gasteiger partial charge in [0.2, 0.25) is 0 Å². The molecule has 0 radical (unpaired) electrons. The summed E-state index contributed by atoms with van der Waals surface area (Å²) in [4.78, 5) is 21.8. The maximum Gasteiger partial charge on any atom is 0.409 e. The molecule has 2 aromatic heterocycles. The molecule has 27 heavy (non-hydrogen) atoms. The molecule has 0 N–H and O–H groups in total. The molecule has 0 unspecified atom stereocenters. The number of hydrogen-bond acceptors (Lipinski definition) is 5. The SMILES string of the molecule is O=C1OCCN1CCN1CCC(=C2c3sccc3C=Cn3ccnc32)CC1. The van der Waals surface area contributed by atoms with Gasteiger partial charge >= 0.3 is 6.09 Å². The molecule has 1 amide bonds. The van der Waals surface area contributed by atoms with E-state index in [1.165, 1.54) is 21.6 Å². The Morgan fingerprint density at radius 1 is 1.19 bits per heavy atom. The monoisotopic (exact) mass is 382 g/mol. The Labute approximate surface area is 162 Å². The number of amides is 1. The number of hydrogen-bond donors (Lipinski definition) is 0. The Kier molecular flexibility index (Phi) is 4.33. The molecule has 5 rings (SSSR count). The Hall–Kier alpha value is -2.38. The van der Waals surface area contributed by atoms with Gasteiger partial charge in [0.25, 0.3) is 0 Å². The van der Waals surface area contributed by atoms with Crippen LogP contribution in [0, 0.1) is 0 Å². The molecule has 2 aromatic rings. The third-order valence-corrected chi connectivity index (χ3v) is 6.52. The van der Waals surface area contributed by atoms with Crippen molar-refractivity contribution in [1.29, 1.82) is 0 Å². The topological polar surface area (TPSA) is 50.6 Å². The maximum absolute atomic E-state index is 11.6. The molecule has 6 nitrogen and oxygen atoms in total. The van der Waals surface area contributed by atoms with Gasteiger partial charge in [0.05, 0.1) is 6.54 Å². The number of fused-ring (bicyclic) bond motifs is 2. The van der Waals surface area contributed by atoms with Gasteiger partial charge in [0, 0.05) is 55.2 Å². The number of piperidine rings is 1. The molecule has 0 saturated carbocycles. The van der Waals surface area contributed by atoms with E-state index in [2.05, 4.69) is 38.2 Å². The minimum absolute atomic E-state index is 0.169.